The number of anilines is 2. The fourth-order valence-corrected chi connectivity index (χ4v) is 4.44. The molecule has 1 atom stereocenters. The second-order valence-corrected chi connectivity index (χ2v) is 8.02. The first-order valence-electron chi connectivity index (χ1n) is 10.6. The van der Waals surface area contributed by atoms with Crippen molar-refractivity contribution in [2.24, 2.45) is 0 Å². The number of hydrogen-bond acceptors (Lipinski definition) is 5. The van der Waals surface area contributed by atoms with Gasteiger partial charge in [0, 0.05) is 23.1 Å². The normalized spacial score (nSPS) is 16.5. The number of hydrogen-bond donors (Lipinski definition) is 2. The lowest BCUT2D eigenvalue weighted by molar-refractivity contribution is 0.242. The molecule has 6 heteroatoms. The Kier molecular flexibility index (Phi) is 5.11. The smallest absolute Gasteiger partial charge is 0.140 e. The molecule has 3 aromatic heterocycles. The Labute approximate surface area is 181 Å². The molecule has 1 aliphatic rings. The molecule has 1 unspecified atom stereocenters. The van der Waals surface area contributed by atoms with Gasteiger partial charge in [0.25, 0.3) is 0 Å². The lowest BCUT2D eigenvalue weighted by atomic mass is 10.1. The molecular formula is C25H24N6. The van der Waals surface area contributed by atoms with E-state index < -0.39 is 0 Å². The Morgan fingerprint density at radius 3 is 2.87 bits per heavy atom. The van der Waals surface area contributed by atoms with Crippen molar-refractivity contribution >= 4 is 22.4 Å². The Bertz CT molecular complexity index is 1250. The number of rotatable bonds is 5. The second-order valence-electron chi connectivity index (χ2n) is 8.02. The molecular weight excluding hydrogens is 384 g/mol. The largest absolute Gasteiger partial charge is 0.357 e. The number of aryl methyl sites for hydroxylation is 1. The van der Waals surface area contributed by atoms with Gasteiger partial charge in [-0.1, -0.05) is 24.3 Å². The average Bonchev–Trinajstić information content (AvgIpc) is 3.39. The molecule has 0 bridgehead atoms. The number of nitrogens with one attached hydrogen (secondary N) is 2. The molecule has 1 aromatic carbocycles. The molecule has 0 radical (unpaired) electrons. The van der Waals surface area contributed by atoms with E-state index >= 15 is 0 Å². The van der Waals surface area contributed by atoms with Gasteiger partial charge >= 0.3 is 0 Å². The third kappa shape index (κ3) is 3.88. The summed E-state index contributed by atoms with van der Waals surface area (Å²) in [5.41, 5.74) is 6.12. The zero-order chi connectivity index (χ0) is 21.2. The molecule has 4 heterocycles. The van der Waals surface area contributed by atoms with Crippen molar-refractivity contribution in [3.05, 3.63) is 83.4 Å². The summed E-state index contributed by atoms with van der Waals surface area (Å²) in [6, 6.07) is 20.5. The fraction of sp³-hybridized carbons (Fsp3) is 0.240. The molecule has 0 amide bonds. The molecule has 4 aromatic rings. The molecule has 1 saturated heterocycles. The maximum Gasteiger partial charge on any atom is 0.140 e. The van der Waals surface area contributed by atoms with E-state index in [4.69, 9.17) is 10.2 Å². The van der Waals surface area contributed by atoms with Crippen LogP contribution in [0.3, 0.4) is 0 Å². The van der Waals surface area contributed by atoms with Gasteiger partial charge in [0.05, 0.1) is 23.6 Å². The van der Waals surface area contributed by atoms with E-state index in [1.807, 2.05) is 24.3 Å². The van der Waals surface area contributed by atoms with Crippen LogP contribution in [0, 0.1) is 18.3 Å². The van der Waals surface area contributed by atoms with Gasteiger partial charge in [0.1, 0.15) is 17.6 Å². The van der Waals surface area contributed by atoms with Crippen molar-refractivity contribution in [3.63, 3.8) is 0 Å². The summed E-state index contributed by atoms with van der Waals surface area (Å²) >= 11 is 0. The van der Waals surface area contributed by atoms with Crippen LogP contribution in [-0.2, 0) is 6.54 Å². The molecule has 31 heavy (non-hydrogen) atoms. The Hall–Kier alpha value is -3.69. The molecule has 5 rings (SSSR count). The third-order valence-electron chi connectivity index (χ3n) is 6.06. The maximum absolute atomic E-state index is 8.91. The number of likely N-dealkylation sites (tertiary alicyclic amines) is 1. The van der Waals surface area contributed by atoms with Crippen LogP contribution < -0.4 is 5.32 Å². The van der Waals surface area contributed by atoms with E-state index in [1.165, 1.54) is 28.6 Å². The van der Waals surface area contributed by atoms with E-state index in [9.17, 15) is 0 Å². The highest BCUT2D eigenvalue weighted by molar-refractivity contribution is 5.84. The van der Waals surface area contributed by atoms with Gasteiger partial charge in [0.15, 0.2) is 0 Å². The minimum atomic E-state index is 0.298. The predicted octanol–water partition coefficient (Wildman–Crippen LogP) is 5.22. The van der Waals surface area contributed by atoms with Crippen molar-refractivity contribution in [3.8, 4) is 6.07 Å². The second kappa shape index (κ2) is 8.21. The van der Waals surface area contributed by atoms with Crippen LogP contribution in [0.15, 0.2) is 60.8 Å². The number of para-hydroxylation sites is 1. The number of benzene rings is 1. The van der Waals surface area contributed by atoms with Crippen molar-refractivity contribution in [1.82, 2.24) is 19.9 Å². The summed E-state index contributed by atoms with van der Waals surface area (Å²) in [5, 5.41) is 13.5. The topological polar surface area (TPSA) is 80.6 Å². The average molecular weight is 409 g/mol. The quantitative estimate of drug-likeness (QED) is 0.473. The number of pyridine rings is 2. The van der Waals surface area contributed by atoms with Crippen molar-refractivity contribution in [1.29, 1.82) is 5.26 Å². The summed E-state index contributed by atoms with van der Waals surface area (Å²) in [7, 11) is 0. The Balaban J connectivity index is 1.35. The third-order valence-corrected chi connectivity index (χ3v) is 6.06. The van der Waals surface area contributed by atoms with E-state index in [0.717, 1.165) is 36.7 Å². The summed E-state index contributed by atoms with van der Waals surface area (Å²) in [5.74, 6) is 0.789. The predicted molar refractivity (Wildman–Crippen MR) is 122 cm³/mol. The molecule has 1 fully saturated rings. The molecule has 0 spiro atoms. The first-order chi connectivity index (χ1) is 15.2. The molecule has 6 nitrogen and oxygen atoms in total. The van der Waals surface area contributed by atoms with Crippen LogP contribution in [0.25, 0.3) is 10.9 Å². The summed E-state index contributed by atoms with van der Waals surface area (Å²) in [6.07, 6.45) is 3.93. The summed E-state index contributed by atoms with van der Waals surface area (Å²) < 4.78 is 0. The number of nitrogens with zero attached hydrogens (tertiary/aromatic N) is 4. The molecule has 1 aliphatic heterocycles. The standard InChI is InChI=1S/C25H24N6/c1-17-20-6-2-3-7-21(20)29-23(17)16-31-13-5-9-24(31)22-8-4-10-25(30-22)28-19-12-11-18(14-26)27-15-19/h2-4,6-8,10-12,15,24,29H,5,9,13,16H2,1H3,(H,28,30). The molecule has 0 saturated carbocycles. The van der Waals surface area contributed by atoms with Gasteiger partial charge in [-0.05, 0) is 62.2 Å². The van der Waals surface area contributed by atoms with Crippen molar-refractivity contribution in [2.75, 3.05) is 11.9 Å². The maximum atomic E-state index is 8.91. The lowest BCUT2D eigenvalue weighted by Crippen LogP contribution is -2.24. The minimum absolute atomic E-state index is 0.298. The van der Waals surface area contributed by atoms with Crippen LogP contribution >= 0.6 is 0 Å². The summed E-state index contributed by atoms with van der Waals surface area (Å²) in [6.45, 7) is 4.16. The van der Waals surface area contributed by atoms with Gasteiger partial charge in [-0.15, -0.1) is 0 Å². The van der Waals surface area contributed by atoms with Gasteiger partial charge in [0.2, 0.25) is 0 Å². The minimum Gasteiger partial charge on any atom is -0.357 e. The molecule has 154 valence electrons. The van der Waals surface area contributed by atoms with Crippen LogP contribution in [0.4, 0.5) is 11.5 Å². The van der Waals surface area contributed by atoms with E-state index in [2.05, 4.69) is 57.4 Å². The van der Waals surface area contributed by atoms with E-state index in [-0.39, 0.29) is 0 Å². The SMILES string of the molecule is Cc1c(CN2CCCC2c2cccc(Nc3ccc(C#N)nc3)n2)[nH]c2ccccc12. The van der Waals surface area contributed by atoms with Crippen LogP contribution in [-0.4, -0.2) is 26.4 Å². The lowest BCUT2D eigenvalue weighted by Gasteiger charge is -2.24. The van der Waals surface area contributed by atoms with Crippen LogP contribution in [0.2, 0.25) is 0 Å². The van der Waals surface area contributed by atoms with Crippen LogP contribution in [0.1, 0.15) is 41.5 Å². The number of aromatic nitrogens is 3. The first kappa shape index (κ1) is 19.3. The number of aromatic amines is 1. The zero-order valence-electron chi connectivity index (χ0n) is 17.5. The van der Waals surface area contributed by atoms with Crippen LogP contribution in [0.5, 0.6) is 0 Å². The first-order valence-corrected chi connectivity index (χ1v) is 10.6. The number of fused-ring (bicyclic) bond motifs is 1. The van der Waals surface area contributed by atoms with E-state index in [0.29, 0.717) is 11.7 Å². The van der Waals surface area contributed by atoms with Gasteiger partial charge in [-0.3, -0.25) is 4.90 Å². The highest BCUT2D eigenvalue weighted by Gasteiger charge is 2.28. The molecule has 0 aliphatic carbocycles. The van der Waals surface area contributed by atoms with Crippen molar-refractivity contribution < 1.29 is 0 Å². The number of nitriles is 1. The van der Waals surface area contributed by atoms with Crippen molar-refractivity contribution in [2.45, 2.75) is 32.4 Å². The summed E-state index contributed by atoms with van der Waals surface area (Å²) in [4.78, 5) is 15.1. The Morgan fingerprint density at radius 1 is 1.16 bits per heavy atom. The van der Waals surface area contributed by atoms with Gasteiger partial charge in [-0.2, -0.15) is 5.26 Å². The monoisotopic (exact) mass is 408 g/mol. The van der Waals surface area contributed by atoms with E-state index in [1.54, 1.807) is 12.3 Å². The molecule has 2 N–H and O–H groups in total. The fourth-order valence-electron chi connectivity index (χ4n) is 4.44. The highest BCUT2D eigenvalue weighted by Crippen LogP contribution is 2.34. The Morgan fingerprint density at radius 2 is 2.06 bits per heavy atom. The zero-order valence-corrected chi connectivity index (χ0v) is 17.5. The number of H-pyrrole nitrogens is 1. The van der Waals surface area contributed by atoms with Gasteiger partial charge < -0.3 is 10.3 Å². The van der Waals surface area contributed by atoms with Gasteiger partial charge in [-0.25, -0.2) is 9.97 Å². The highest BCUT2D eigenvalue weighted by atomic mass is 15.2.